The van der Waals surface area contributed by atoms with Crippen molar-refractivity contribution in [2.24, 2.45) is 5.92 Å². The Morgan fingerprint density at radius 3 is 2.88 bits per heavy atom. The molecule has 17 heavy (non-hydrogen) atoms. The van der Waals surface area contributed by atoms with E-state index in [-0.39, 0.29) is 6.61 Å². The van der Waals surface area contributed by atoms with Crippen molar-refractivity contribution < 1.29 is 5.11 Å². The van der Waals surface area contributed by atoms with E-state index in [0.717, 1.165) is 11.5 Å². The summed E-state index contributed by atoms with van der Waals surface area (Å²) in [5, 5.41) is 12.9. The Kier molecular flexibility index (Phi) is 4.19. The third-order valence-electron chi connectivity index (χ3n) is 3.96. The molecule has 2 N–H and O–H groups in total. The Morgan fingerprint density at radius 1 is 1.41 bits per heavy atom. The van der Waals surface area contributed by atoms with Gasteiger partial charge in [0.2, 0.25) is 0 Å². The lowest BCUT2D eigenvalue weighted by Gasteiger charge is -2.23. The van der Waals surface area contributed by atoms with Crippen LogP contribution in [0.5, 0.6) is 0 Å². The van der Waals surface area contributed by atoms with E-state index in [1.165, 1.54) is 24.8 Å². The van der Waals surface area contributed by atoms with E-state index in [1.807, 2.05) is 12.1 Å². The molecule has 0 heterocycles. The zero-order valence-corrected chi connectivity index (χ0v) is 10.8. The first kappa shape index (κ1) is 12.6. The highest BCUT2D eigenvalue weighted by molar-refractivity contribution is 5.25. The first-order valence-electron chi connectivity index (χ1n) is 6.66. The number of benzene rings is 1. The van der Waals surface area contributed by atoms with Crippen LogP contribution in [-0.4, -0.2) is 11.1 Å². The molecule has 2 heteroatoms. The Hall–Kier alpha value is -0.860. The molecule has 1 saturated carbocycles. The first-order valence-corrected chi connectivity index (χ1v) is 6.66. The third-order valence-corrected chi connectivity index (χ3v) is 3.96. The minimum atomic E-state index is 0.125. The van der Waals surface area contributed by atoms with Crippen LogP contribution in [0.3, 0.4) is 0 Å². The molecule has 0 bridgehead atoms. The molecule has 0 amide bonds. The van der Waals surface area contributed by atoms with Crippen molar-refractivity contribution in [3.63, 3.8) is 0 Å². The standard InChI is InChI=1S/C15H23NO/c1-11-5-3-8-15(11)16-12(2)14-7-4-6-13(9-14)10-17/h4,6-7,9,11-12,15-17H,3,5,8,10H2,1-2H3. The Morgan fingerprint density at radius 2 is 2.24 bits per heavy atom. The number of nitrogens with one attached hydrogen (secondary N) is 1. The predicted molar refractivity (Wildman–Crippen MR) is 70.7 cm³/mol. The summed E-state index contributed by atoms with van der Waals surface area (Å²) in [5.74, 6) is 0.790. The molecule has 94 valence electrons. The fourth-order valence-corrected chi connectivity index (χ4v) is 2.77. The monoisotopic (exact) mass is 233 g/mol. The van der Waals surface area contributed by atoms with E-state index < -0.39 is 0 Å². The van der Waals surface area contributed by atoms with Gasteiger partial charge in [0.25, 0.3) is 0 Å². The zero-order valence-electron chi connectivity index (χ0n) is 10.8. The molecule has 1 aliphatic carbocycles. The second kappa shape index (κ2) is 5.65. The van der Waals surface area contributed by atoms with Crippen molar-refractivity contribution in [1.82, 2.24) is 5.32 Å². The molecular formula is C15H23NO. The van der Waals surface area contributed by atoms with Gasteiger partial charge in [-0.15, -0.1) is 0 Å². The van der Waals surface area contributed by atoms with Gasteiger partial charge >= 0.3 is 0 Å². The molecule has 3 unspecified atom stereocenters. The summed E-state index contributed by atoms with van der Waals surface area (Å²) < 4.78 is 0. The minimum Gasteiger partial charge on any atom is -0.392 e. The van der Waals surface area contributed by atoms with Gasteiger partial charge in [0.1, 0.15) is 0 Å². The zero-order chi connectivity index (χ0) is 12.3. The topological polar surface area (TPSA) is 32.3 Å². The smallest absolute Gasteiger partial charge is 0.0681 e. The van der Waals surface area contributed by atoms with Crippen LogP contribution in [0.25, 0.3) is 0 Å². The number of aliphatic hydroxyl groups is 1. The summed E-state index contributed by atoms with van der Waals surface area (Å²) >= 11 is 0. The van der Waals surface area contributed by atoms with Crippen LogP contribution < -0.4 is 5.32 Å². The maximum Gasteiger partial charge on any atom is 0.0681 e. The Bertz CT molecular complexity index is 364. The van der Waals surface area contributed by atoms with Crippen molar-refractivity contribution in [3.05, 3.63) is 35.4 Å². The van der Waals surface area contributed by atoms with Crippen LogP contribution in [0, 0.1) is 5.92 Å². The number of hydrogen-bond acceptors (Lipinski definition) is 2. The fourth-order valence-electron chi connectivity index (χ4n) is 2.77. The van der Waals surface area contributed by atoms with Gasteiger partial charge in [-0.3, -0.25) is 0 Å². The lowest BCUT2D eigenvalue weighted by atomic mass is 10.0. The van der Waals surface area contributed by atoms with E-state index in [9.17, 15) is 0 Å². The number of hydrogen-bond donors (Lipinski definition) is 2. The summed E-state index contributed by atoms with van der Waals surface area (Å²) in [4.78, 5) is 0. The van der Waals surface area contributed by atoms with Crippen molar-refractivity contribution in [2.45, 2.75) is 51.8 Å². The predicted octanol–water partition coefficient (Wildman–Crippen LogP) is 3.02. The second-order valence-corrected chi connectivity index (χ2v) is 5.31. The molecular weight excluding hydrogens is 210 g/mol. The third kappa shape index (κ3) is 3.08. The van der Waals surface area contributed by atoms with E-state index >= 15 is 0 Å². The van der Waals surface area contributed by atoms with Gasteiger partial charge in [0, 0.05) is 12.1 Å². The summed E-state index contributed by atoms with van der Waals surface area (Å²) in [5.41, 5.74) is 2.27. The van der Waals surface area contributed by atoms with Gasteiger partial charge < -0.3 is 10.4 Å². The lowest BCUT2D eigenvalue weighted by Crippen LogP contribution is -2.33. The van der Waals surface area contributed by atoms with Crippen molar-refractivity contribution in [2.75, 3.05) is 0 Å². The molecule has 0 aromatic heterocycles. The van der Waals surface area contributed by atoms with Crippen molar-refractivity contribution >= 4 is 0 Å². The summed E-state index contributed by atoms with van der Waals surface area (Å²) in [7, 11) is 0. The Labute approximate surface area is 104 Å². The van der Waals surface area contributed by atoms with Gasteiger partial charge in [-0.2, -0.15) is 0 Å². The molecule has 1 aromatic rings. The van der Waals surface area contributed by atoms with Crippen molar-refractivity contribution in [1.29, 1.82) is 0 Å². The van der Waals surface area contributed by atoms with Crippen LogP contribution in [0.4, 0.5) is 0 Å². The molecule has 1 aromatic carbocycles. The van der Waals surface area contributed by atoms with E-state index in [1.54, 1.807) is 0 Å². The average molecular weight is 233 g/mol. The molecule has 0 spiro atoms. The van der Waals surface area contributed by atoms with E-state index in [4.69, 9.17) is 5.11 Å². The quantitative estimate of drug-likeness (QED) is 0.838. The highest BCUT2D eigenvalue weighted by Gasteiger charge is 2.24. The summed E-state index contributed by atoms with van der Waals surface area (Å²) in [6, 6.07) is 9.24. The van der Waals surface area contributed by atoms with Gasteiger partial charge in [-0.05, 0) is 36.8 Å². The number of rotatable bonds is 4. The van der Waals surface area contributed by atoms with Crippen LogP contribution in [0.1, 0.15) is 50.3 Å². The van der Waals surface area contributed by atoms with Gasteiger partial charge in [-0.1, -0.05) is 37.6 Å². The SMILES string of the molecule is CC(NC1CCCC1C)c1cccc(CO)c1. The molecule has 2 rings (SSSR count). The molecule has 3 atom stereocenters. The molecule has 1 aliphatic rings. The maximum atomic E-state index is 9.15. The summed E-state index contributed by atoms with van der Waals surface area (Å²) in [6.45, 7) is 4.67. The Balaban J connectivity index is 2.00. The van der Waals surface area contributed by atoms with Crippen LogP contribution in [-0.2, 0) is 6.61 Å². The van der Waals surface area contributed by atoms with Crippen LogP contribution in [0.15, 0.2) is 24.3 Å². The van der Waals surface area contributed by atoms with E-state index in [0.29, 0.717) is 12.1 Å². The minimum absolute atomic E-state index is 0.125. The maximum absolute atomic E-state index is 9.15. The van der Waals surface area contributed by atoms with Crippen LogP contribution in [0.2, 0.25) is 0 Å². The van der Waals surface area contributed by atoms with Crippen LogP contribution >= 0.6 is 0 Å². The van der Waals surface area contributed by atoms with Crippen molar-refractivity contribution in [3.8, 4) is 0 Å². The lowest BCUT2D eigenvalue weighted by molar-refractivity contribution is 0.281. The molecule has 0 radical (unpaired) electrons. The normalized spacial score (nSPS) is 26.1. The van der Waals surface area contributed by atoms with E-state index in [2.05, 4.69) is 31.3 Å². The molecule has 2 nitrogen and oxygen atoms in total. The van der Waals surface area contributed by atoms with Gasteiger partial charge in [0.05, 0.1) is 6.61 Å². The molecule has 1 fully saturated rings. The number of aliphatic hydroxyl groups excluding tert-OH is 1. The fraction of sp³-hybridized carbons (Fsp3) is 0.600. The first-order chi connectivity index (χ1) is 8.20. The molecule has 0 saturated heterocycles. The second-order valence-electron chi connectivity index (χ2n) is 5.31. The van der Waals surface area contributed by atoms with Gasteiger partial charge in [-0.25, -0.2) is 0 Å². The summed E-state index contributed by atoms with van der Waals surface area (Å²) in [6.07, 6.45) is 3.99. The average Bonchev–Trinajstić information content (AvgIpc) is 2.75. The highest BCUT2D eigenvalue weighted by Crippen LogP contribution is 2.27. The highest BCUT2D eigenvalue weighted by atomic mass is 16.3. The van der Waals surface area contributed by atoms with Gasteiger partial charge in [0.15, 0.2) is 0 Å². The molecule has 0 aliphatic heterocycles. The largest absolute Gasteiger partial charge is 0.392 e.